The van der Waals surface area contributed by atoms with Crippen molar-refractivity contribution in [2.75, 3.05) is 11.9 Å². The fourth-order valence-electron chi connectivity index (χ4n) is 3.25. The molecule has 0 bridgehead atoms. The number of nitro benzene ring substituents is 1. The van der Waals surface area contributed by atoms with Gasteiger partial charge in [-0.15, -0.1) is 0 Å². The van der Waals surface area contributed by atoms with Crippen LogP contribution in [-0.2, 0) is 4.79 Å². The quantitative estimate of drug-likeness (QED) is 0.485. The van der Waals surface area contributed by atoms with Gasteiger partial charge in [0, 0.05) is 24.7 Å². The number of ketones is 1. The Labute approximate surface area is 162 Å². The number of para-hydroxylation sites is 1. The Morgan fingerprint density at radius 3 is 2.38 bits per heavy atom. The Kier molecular flexibility index (Phi) is 4.19. The predicted molar refractivity (Wildman–Crippen MR) is 105 cm³/mol. The first-order valence-corrected chi connectivity index (χ1v) is 8.57. The Balaban J connectivity index is 1.97. The molecule has 0 saturated heterocycles. The normalized spacial score (nSPS) is 16.2. The van der Waals surface area contributed by atoms with Gasteiger partial charge in [-0.05, 0) is 35.9 Å². The molecule has 144 valence electrons. The fraction of sp³-hybridized carbons (Fsp3) is 0.0500. The maximum atomic E-state index is 13.0. The topological polar surface area (TPSA) is 129 Å². The van der Waals surface area contributed by atoms with Gasteiger partial charge >= 0.3 is 0 Å². The number of aromatic amines is 2. The second-order valence-electron chi connectivity index (χ2n) is 6.45. The van der Waals surface area contributed by atoms with Gasteiger partial charge in [0.15, 0.2) is 0 Å². The summed E-state index contributed by atoms with van der Waals surface area (Å²) in [6.45, 7) is 0. The van der Waals surface area contributed by atoms with Crippen molar-refractivity contribution < 1.29 is 14.5 Å². The van der Waals surface area contributed by atoms with Gasteiger partial charge < -0.3 is 4.90 Å². The molecule has 9 heteroatoms. The van der Waals surface area contributed by atoms with Crippen molar-refractivity contribution >= 4 is 34.7 Å². The SMILES string of the molecule is CN1C(=O)C(=c2[nH][nH]c(=O)/c2=C\c2ccc([N+](=O)[O-])cc2)C(=O)c2ccccc21. The van der Waals surface area contributed by atoms with E-state index in [1.165, 1.54) is 35.2 Å². The molecule has 0 atom stereocenters. The highest BCUT2D eigenvalue weighted by Crippen LogP contribution is 2.28. The number of nitro groups is 1. The molecule has 0 fully saturated rings. The van der Waals surface area contributed by atoms with Crippen LogP contribution < -0.4 is 21.0 Å². The average Bonchev–Trinajstić information content (AvgIpc) is 3.07. The number of hydrogen-bond acceptors (Lipinski definition) is 5. The van der Waals surface area contributed by atoms with E-state index in [2.05, 4.69) is 10.2 Å². The first-order chi connectivity index (χ1) is 13.9. The third-order valence-corrected chi connectivity index (χ3v) is 4.74. The lowest BCUT2D eigenvalue weighted by atomic mass is 9.95. The number of Topliss-reactive ketones (excluding diaryl/α,β-unsaturated/α-hetero) is 1. The van der Waals surface area contributed by atoms with Crippen LogP contribution in [0.1, 0.15) is 15.9 Å². The zero-order valence-electron chi connectivity index (χ0n) is 15.1. The lowest BCUT2D eigenvalue weighted by molar-refractivity contribution is -0.384. The number of benzene rings is 2. The summed E-state index contributed by atoms with van der Waals surface area (Å²) >= 11 is 0. The van der Waals surface area contributed by atoms with Crippen molar-refractivity contribution in [2.24, 2.45) is 0 Å². The first kappa shape index (κ1) is 18.1. The molecule has 4 rings (SSSR count). The molecule has 0 saturated carbocycles. The number of aromatic nitrogens is 2. The van der Waals surface area contributed by atoms with Gasteiger partial charge in [0.1, 0.15) is 5.57 Å². The molecular formula is C20H14N4O5. The number of carbonyl (C=O) groups excluding carboxylic acids is 2. The molecule has 0 spiro atoms. The molecule has 1 aromatic heterocycles. The molecule has 9 nitrogen and oxygen atoms in total. The number of non-ortho nitro benzene ring substituents is 1. The maximum absolute atomic E-state index is 13.0. The molecule has 0 unspecified atom stereocenters. The zero-order valence-corrected chi connectivity index (χ0v) is 15.1. The van der Waals surface area contributed by atoms with Crippen molar-refractivity contribution in [3.8, 4) is 0 Å². The van der Waals surface area contributed by atoms with Gasteiger partial charge in [0.25, 0.3) is 17.2 Å². The van der Waals surface area contributed by atoms with Crippen molar-refractivity contribution in [2.45, 2.75) is 0 Å². The summed E-state index contributed by atoms with van der Waals surface area (Å²) in [5.41, 5.74) is 0.589. The standard InChI is InChI=1S/C20H14N4O5/c1-23-15-5-3-2-4-13(15)18(25)16(20(23)27)17-14(19(26)22-21-17)10-11-6-8-12(9-7-11)24(28)29/h2-10,21H,1H3,(H,22,26)/b14-10-,17-16?. The highest BCUT2D eigenvalue weighted by Gasteiger charge is 2.33. The first-order valence-electron chi connectivity index (χ1n) is 8.57. The number of nitrogens with zero attached hydrogens (tertiary/aromatic N) is 2. The van der Waals surface area contributed by atoms with E-state index < -0.39 is 22.2 Å². The number of fused-ring (bicyclic) bond motifs is 1. The van der Waals surface area contributed by atoms with Crippen LogP contribution in [0, 0.1) is 10.1 Å². The van der Waals surface area contributed by atoms with E-state index in [4.69, 9.17) is 0 Å². The molecule has 2 heterocycles. The lowest BCUT2D eigenvalue weighted by Gasteiger charge is -2.25. The molecule has 0 aliphatic carbocycles. The minimum Gasteiger partial charge on any atom is -0.310 e. The number of nitrogens with one attached hydrogen (secondary N) is 2. The minimum absolute atomic E-state index is 0.0738. The number of hydrogen-bond donors (Lipinski definition) is 2. The van der Waals surface area contributed by atoms with Crippen LogP contribution in [0.25, 0.3) is 11.6 Å². The fourth-order valence-corrected chi connectivity index (χ4v) is 3.25. The minimum atomic E-state index is -0.540. The van der Waals surface area contributed by atoms with Crippen LogP contribution in [0.3, 0.4) is 0 Å². The number of rotatable bonds is 2. The summed E-state index contributed by atoms with van der Waals surface area (Å²) in [6, 6.07) is 12.3. The monoisotopic (exact) mass is 390 g/mol. The van der Waals surface area contributed by atoms with E-state index in [0.29, 0.717) is 16.8 Å². The Morgan fingerprint density at radius 1 is 1.00 bits per heavy atom. The molecule has 2 aromatic carbocycles. The van der Waals surface area contributed by atoms with Crippen LogP contribution in [0.5, 0.6) is 0 Å². The molecule has 1 aliphatic heterocycles. The van der Waals surface area contributed by atoms with Crippen molar-refractivity contribution in [1.29, 1.82) is 0 Å². The van der Waals surface area contributed by atoms with E-state index in [0.717, 1.165) is 0 Å². The Morgan fingerprint density at radius 2 is 1.69 bits per heavy atom. The lowest BCUT2D eigenvalue weighted by Crippen LogP contribution is -2.44. The molecule has 29 heavy (non-hydrogen) atoms. The highest BCUT2D eigenvalue weighted by molar-refractivity contribution is 6.51. The zero-order chi connectivity index (χ0) is 20.7. The van der Waals surface area contributed by atoms with Crippen LogP contribution in [0.15, 0.2) is 53.3 Å². The van der Waals surface area contributed by atoms with E-state index >= 15 is 0 Å². The average molecular weight is 390 g/mol. The Bertz CT molecular complexity index is 1350. The van der Waals surface area contributed by atoms with Crippen molar-refractivity contribution in [3.63, 3.8) is 0 Å². The highest BCUT2D eigenvalue weighted by atomic mass is 16.6. The van der Waals surface area contributed by atoms with Gasteiger partial charge in [-0.25, -0.2) is 0 Å². The summed E-state index contributed by atoms with van der Waals surface area (Å²) in [5.74, 6) is -1.03. The van der Waals surface area contributed by atoms with Crippen molar-refractivity contribution in [1.82, 2.24) is 10.2 Å². The molecule has 3 aromatic rings. The molecule has 0 radical (unpaired) electrons. The third-order valence-electron chi connectivity index (χ3n) is 4.74. The second kappa shape index (κ2) is 6.71. The van der Waals surface area contributed by atoms with Crippen LogP contribution in [0.4, 0.5) is 11.4 Å². The smallest absolute Gasteiger partial charge is 0.271 e. The summed E-state index contributed by atoms with van der Waals surface area (Å²) < 4.78 is 0. The largest absolute Gasteiger partial charge is 0.310 e. The number of H-pyrrole nitrogens is 2. The van der Waals surface area contributed by atoms with Gasteiger partial charge in [-0.1, -0.05) is 12.1 Å². The van der Waals surface area contributed by atoms with Crippen LogP contribution in [0.2, 0.25) is 0 Å². The maximum Gasteiger partial charge on any atom is 0.271 e. The van der Waals surface area contributed by atoms with E-state index in [1.807, 2.05) is 0 Å². The number of carbonyl (C=O) groups is 2. The van der Waals surface area contributed by atoms with Crippen LogP contribution in [-0.4, -0.2) is 33.9 Å². The summed E-state index contributed by atoms with van der Waals surface area (Å²) in [5, 5.41) is 16.0. The van der Waals surface area contributed by atoms with Gasteiger partial charge in [-0.2, -0.15) is 0 Å². The molecule has 2 N–H and O–H groups in total. The second-order valence-corrected chi connectivity index (χ2v) is 6.45. The number of amides is 1. The van der Waals surface area contributed by atoms with Gasteiger partial charge in [0.05, 0.1) is 21.2 Å². The summed E-state index contributed by atoms with van der Waals surface area (Å²) in [7, 11) is 1.55. The third kappa shape index (κ3) is 2.94. The van der Waals surface area contributed by atoms with Crippen LogP contribution >= 0.6 is 0 Å². The molecule has 1 aliphatic rings. The van der Waals surface area contributed by atoms with Crippen molar-refractivity contribution in [3.05, 3.63) is 90.7 Å². The summed E-state index contributed by atoms with van der Waals surface area (Å²) in [6.07, 6.45) is 1.46. The van der Waals surface area contributed by atoms with E-state index in [1.54, 1.807) is 31.3 Å². The Hall–Kier alpha value is -4.27. The molecular weight excluding hydrogens is 376 g/mol. The summed E-state index contributed by atoms with van der Waals surface area (Å²) in [4.78, 5) is 49.8. The van der Waals surface area contributed by atoms with E-state index in [-0.39, 0.29) is 21.8 Å². The van der Waals surface area contributed by atoms with Gasteiger partial charge in [0.2, 0.25) is 5.78 Å². The molecule has 1 amide bonds. The van der Waals surface area contributed by atoms with E-state index in [9.17, 15) is 24.5 Å². The van der Waals surface area contributed by atoms with Gasteiger partial charge in [-0.3, -0.25) is 34.7 Å². The number of anilines is 1. The predicted octanol–water partition coefficient (Wildman–Crippen LogP) is 0.450.